The number of carbonyl (C=O) groups is 3. The summed E-state index contributed by atoms with van der Waals surface area (Å²) in [7, 11) is 0. The van der Waals surface area contributed by atoms with E-state index in [9.17, 15) is 37.9 Å². The number of nitrogens with one attached hydrogen (secondary N) is 1. The van der Waals surface area contributed by atoms with Crippen LogP contribution in [0.5, 0.6) is 0 Å². The van der Waals surface area contributed by atoms with Crippen LogP contribution < -0.4 is 15.1 Å². The first-order valence-corrected chi connectivity index (χ1v) is 14.3. The van der Waals surface area contributed by atoms with Crippen LogP contribution in [0.4, 0.5) is 24.7 Å². The highest BCUT2D eigenvalue weighted by atomic mass is 35.5. The normalized spacial score (nSPS) is 20.5. The Kier molecular flexibility index (Phi) is 8.90. The number of pyridine rings is 1. The van der Waals surface area contributed by atoms with Crippen molar-refractivity contribution in [2.45, 2.75) is 62.3 Å². The lowest BCUT2D eigenvalue weighted by atomic mass is 9.91. The van der Waals surface area contributed by atoms with Gasteiger partial charge in [-0.2, -0.15) is 5.26 Å². The van der Waals surface area contributed by atoms with Crippen molar-refractivity contribution < 1.29 is 32.7 Å². The van der Waals surface area contributed by atoms with E-state index in [1.54, 1.807) is 12.1 Å². The van der Waals surface area contributed by atoms with E-state index in [0.717, 1.165) is 21.9 Å². The molecule has 2 heterocycles. The summed E-state index contributed by atoms with van der Waals surface area (Å²) in [6.45, 7) is 0. The van der Waals surface area contributed by atoms with Crippen LogP contribution in [0.15, 0.2) is 66.9 Å². The average Bonchev–Trinajstić information content (AvgIpc) is 3.30. The maximum Gasteiger partial charge on any atom is 0.257 e. The molecular formula is C31H27ClF3N5O4. The van der Waals surface area contributed by atoms with Crippen LogP contribution in [0.1, 0.15) is 49.3 Å². The topological polar surface area (TPSA) is 127 Å². The molecular weight excluding hydrogens is 599 g/mol. The molecule has 3 atom stereocenters. The lowest BCUT2D eigenvalue weighted by Gasteiger charge is -2.37. The van der Waals surface area contributed by atoms with Gasteiger partial charge in [-0.15, -0.1) is 0 Å². The first-order valence-electron chi connectivity index (χ1n) is 13.9. The molecule has 44 heavy (non-hydrogen) atoms. The van der Waals surface area contributed by atoms with Gasteiger partial charge in [0.05, 0.1) is 11.6 Å². The molecule has 9 nitrogen and oxygen atoms in total. The molecule has 1 aliphatic heterocycles. The van der Waals surface area contributed by atoms with Gasteiger partial charge in [0.2, 0.25) is 11.8 Å². The highest BCUT2D eigenvalue weighted by Crippen LogP contribution is 2.37. The van der Waals surface area contributed by atoms with E-state index < -0.39 is 73.0 Å². The highest BCUT2D eigenvalue weighted by Gasteiger charge is 2.48. The summed E-state index contributed by atoms with van der Waals surface area (Å²) in [6, 6.07) is 12.1. The zero-order chi connectivity index (χ0) is 31.6. The van der Waals surface area contributed by atoms with E-state index in [1.165, 1.54) is 42.6 Å². The van der Waals surface area contributed by atoms with E-state index in [1.807, 2.05) is 6.07 Å². The Morgan fingerprint density at radius 3 is 2.55 bits per heavy atom. The number of nitrogens with zero attached hydrogens (tertiary/aromatic N) is 4. The molecule has 228 valence electrons. The quantitative estimate of drug-likeness (QED) is 0.393. The number of aliphatic hydroxyl groups is 1. The van der Waals surface area contributed by atoms with Crippen molar-refractivity contribution in [2.24, 2.45) is 0 Å². The standard InChI is InChI=1S/C31H27ClF3N5O4/c32-23-7-2-1-6-22(23)27(28(42)38-20-8-11-31(34,35)12-9-20)39(21-5-3-4-19(33)15-21)29(43)24-16-25(41)30(44)40(24)26-14-18(17-36)10-13-37-26/h1-7,10,13-15,20,24-25,27,41H,8-9,11-12,16H2,(H,38,42)/t24-,25-,27-/m0/s1. The molecule has 0 spiro atoms. The predicted octanol–water partition coefficient (Wildman–Crippen LogP) is 4.68. The van der Waals surface area contributed by atoms with Crippen molar-refractivity contribution in [1.82, 2.24) is 10.3 Å². The van der Waals surface area contributed by atoms with Crippen molar-refractivity contribution in [3.8, 4) is 6.07 Å². The van der Waals surface area contributed by atoms with Gasteiger partial charge in [-0.05, 0) is 49.2 Å². The maximum atomic E-state index is 14.6. The Balaban J connectivity index is 1.61. The molecule has 1 saturated carbocycles. The lowest BCUT2D eigenvalue weighted by Crippen LogP contribution is -2.53. The molecule has 3 amide bonds. The van der Waals surface area contributed by atoms with E-state index in [2.05, 4.69) is 10.3 Å². The van der Waals surface area contributed by atoms with E-state index in [0.29, 0.717) is 0 Å². The number of aliphatic hydroxyl groups excluding tert-OH is 1. The Hall–Kier alpha value is -4.47. The van der Waals surface area contributed by atoms with Crippen molar-refractivity contribution in [3.63, 3.8) is 0 Å². The molecule has 1 aromatic heterocycles. The minimum Gasteiger partial charge on any atom is -0.383 e. The molecule has 1 saturated heterocycles. The summed E-state index contributed by atoms with van der Waals surface area (Å²) < 4.78 is 42.3. The van der Waals surface area contributed by atoms with Gasteiger partial charge in [0.15, 0.2) is 0 Å². The van der Waals surface area contributed by atoms with E-state index in [4.69, 9.17) is 11.6 Å². The van der Waals surface area contributed by atoms with Crippen molar-refractivity contribution in [1.29, 1.82) is 5.26 Å². The van der Waals surface area contributed by atoms with Crippen LogP contribution in [0.3, 0.4) is 0 Å². The van der Waals surface area contributed by atoms with E-state index in [-0.39, 0.29) is 40.5 Å². The second-order valence-corrected chi connectivity index (χ2v) is 11.1. The molecule has 2 N–H and O–H groups in total. The Labute approximate surface area is 255 Å². The molecule has 3 aromatic rings. The summed E-state index contributed by atoms with van der Waals surface area (Å²) in [4.78, 5) is 47.9. The molecule has 0 radical (unpaired) electrons. The van der Waals surface area contributed by atoms with Gasteiger partial charge in [0.1, 0.15) is 29.8 Å². The van der Waals surface area contributed by atoms with Gasteiger partial charge in [0.25, 0.3) is 11.8 Å². The minimum absolute atomic E-state index is 0.000106. The number of carbonyl (C=O) groups excluding carboxylic acids is 3. The van der Waals surface area contributed by atoms with Gasteiger partial charge in [0, 0.05) is 47.8 Å². The summed E-state index contributed by atoms with van der Waals surface area (Å²) >= 11 is 6.54. The molecule has 13 heteroatoms. The predicted molar refractivity (Wildman–Crippen MR) is 154 cm³/mol. The number of aromatic nitrogens is 1. The first-order chi connectivity index (χ1) is 21.0. The third-order valence-electron chi connectivity index (χ3n) is 7.78. The number of rotatable bonds is 7. The number of nitriles is 1. The van der Waals surface area contributed by atoms with Crippen LogP contribution in [0.2, 0.25) is 5.02 Å². The zero-order valence-corrected chi connectivity index (χ0v) is 23.9. The highest BCUT2D eigenvalue weighted by molar-refractivity contribution is 6.31. The SMILES string of the molecule is N#Cc1ccnc(N2C(=O)[C@@H](O)C[C@H]2C(=O)N(c2cccc(F)c2)[C@H](C(=O)NC2CCC(F)(F)CC2)c2ccccc2Cl)c1. The van der Waals surface area contributed by atoms with Crippen LogP contribution >= 0.6 is 11.6 Å². The number of anilines is 2. The second kappa shape index (κ2) is 12.6. The molecule has 2 fully saturated rings. The van der Waals surface area contributed by atoms with Crippen LogP contribution in [-0.4, -0.2) is 51.9 Å². The van der Waals surface area contributed by atoms with Gasteiger partial charge in [-0.25, -0.2) is 18.2 Å². The maximum absolute atomic E-state index is 14.6. The Morgan fingerprint density at radius 2 is 1.86 bits per heavy atom. The second-order valence-electron chi connectivity index (χ2n) is 10.7. The zero-order valence-electron chi connectivity index (χ0n) is 23.2. The molecule has 5 rings (SSSR count). The third kappa shape index (κ3) is 6.39. The van der Waals surface area contributed by atoms with Crippen molar-refractivity contribution >= 4 is 40.8 Å². The largest absolute Gasteiger partial charge is 0.383 e. The number of benzene rings is 2. The Bertz CT molecular complexity index is 1620. The lowest BCUT2D eigenvalue weighted by molar-refractivity contribution is -0.128. The van der Waals surface area contributed by atoms with Crippen LogP contribution in [-0.2, 0) is 14.4 Å². The first kappa shape index (κ1) is 31.0. The number of amides is 3. The van der Waals surface area contributed by atoms with Crippen molar-refractivity contribution in [2.75, 3.05) is 9.80 Å². The fraction of sp³-hybridized carbons (Fsp3) is 0.323. The van der Waals surface area contributed by atoms with Crippen LogP contribution in [0.25, 0.3) is 0 Å². The van der Waals surface area contributed by atoms with Crippen LogP contribution in [0, 0.1) is 17.1 Å². The Morgan fingerprint density at radius 1 is 1.14 bits per heavy atom. The molecule has 0 unspecified atom stereocenters. The summed E-state index contributed by atoms with van der Waals surface area (Å²) in [6.07, 6.45) is -1.58. The fourth-order valence-corrected chi connectivity index (χ4v) is 5.82. The number of alkyl halides is 2. The summed E-state index contributed by atoms with van der Waals surface area (Å²) in [5.41, 5.74) is 0.243. The number of halogens is 4. The fourth-order valence-electron chi connectivity index (χ4n) is 5.58. The summed E-state index contributed by atoms with van der Waals surface area (Å²) in [5, 5.41) is 22.8. The smallest absolute Gasteiger partial charge is 0.257 e. The molecule has 0 bridgehead atoms. The monoisotopic (exact) mass is 625 g/mol. The molecule has 1 aliphatic carbocycles. The molecule has 2 aromatic carbocycles. The average molecular weight is 626 g/mol. The van der Waals surface area contributed by atoms with Gasteiger partial charge in [-0.1, -0.05) is 35.9 Å². The van der Waals surface area contributed by atoms with Gasteiger partial charge in [-0.3, -0.25) is 24.2 Å². The minimum atomic E-state index is -2.84. The van der Waals surface area contributed by atoms with Crippen molar-refractivity contribution in [3.05, 3.63) is 88.8 Å². The van der Waals surface area contributed by atoms with Gasteiger partial charge < -0.3 is 10.4 Å². The number of hydrogen-bond acceptors (Lipinski definition) is 6. The number of hydrogen-bond donors (Lipinski definition) is 2. The van der Waals surface area contributed by atoms with Gasteiger partial charge >= 0.3 is 0 Å². The van der Waals surface area contributed by atoms with E-state index >= 15 is 0 Å². The molecule has 2 aliphatic rings. The summed E-state index contributed by atoms with van der Waals surface area (Å²) in [5.74, 6) is -6.14. The third-order valence-corrected chi connectivity index (χ3v) is 8.13.